The van der Waals surface area contributed by atoms with Gasteiger partial charge in [-0.05, 0) is 54.8 Å². The van der Waals surface area contributed by atoms with Crippen LogP contribution in [0, 0.1) is 5.82 Å². The average Bonchev–Trinajstić information content (AvgIpc) is 2.84. The minimum absolute atomic E-state index is 0.0834. The highest BCUT2D eigenvalue weighted by molar-refractivity contribution is 7.99. The molecule has 1 N–H and O–H groups in total. The van der Waals surface area contributed by atoms with E-state index in [1.54, 1.807) is 29.2 Å². The Labute approximate surface area is 226 Å². The second-order valence-electron chi connectivity index (χ2n) is 8.75. The van der Waals surface area contributed by atoms with Gasteiger partial charge in [-0.15, -0.1) is 11.8 Å². The molecule has 3 aromatic carbocycles. The zero-order valence-corrected chi connectivity index (χ0v) is 22.5. The number of halogens is 3. The van der Waals surface area contributed by atoms with E-state index in [4.69, 9.17) is 23.2 Å². The number of nitrogens with one attached hydrogen (secondary N) is 1. The lowest BCUT2D eigenvalue weighted by Crippen LogP contribution is -2.52. The topological polar surface area (TPSA) is 49.4 Å². The fourth-order valence-corrected chi connectivity index (χ4v) is 5.16. The van der Waals surface area contributed by atoms with Crippen LogP contribution in [0.1, 0.15) is 30.5 Å². The fraction of sp³-hybridized carbons (Fsp3) is 0.286. The van der Waals surface area contributed by atoms with Crippen molar-refractivity contribution in [2.24, 2.45) is 0 Å². The molecule has 36 heavy (non-hydrogen) atoms. The van der Waals surface area contributed by atoms with Crippen molar-refractivity contribution in [3.05, 3.63) is 105 Å². The molecule has 0 radical (unpaired) electrons. The molecule has 2 amide bonds. The van der Waals surface area contributed by atoms with Crippen LogP contribution in [0.2, 0.25) is 10.0 Å². The molecule has 0 unspecified atom stereocenters. The predicted octanol–water partition coefficient (Wildman–Crippen LogP) is 6.53. The Balaban J connectivity index is 1.84. The summed E-state index contributed by atoms with van der Waals surface area (Å²) in [6, 6.07) is 20.0. The molecule has 0 saturated carbocycles. The number of carbonyl (C=O) groups excluding carboxylic acids is 2. The Morgan fingerprint density at radius 3 is 2.31 bits per heavy atom. The second kappa shape index (κ2) is 13.7. The predicted molar refractivity (Wildman–Crippen MR) is 147 cm³/mol. The van der Waals surface area contributed by atoms with Crippen molar-refractivity contribution in [2.45, 2.75) is 44.6 Å². The van der Waals surface area contributed by atoms with Crippen LogP contribution in [-0.2, 0) is 28.3 Å². The Kier molecular flexibility index (Phi) is 10.7. The van der Waals surface area contributed by atoms with E-state index in [2.05, 4.69) is 5.32 Å². The van der Waals surface area contributed by atoms with E-state index in [0.717, 1.165) is 16.7 Å². The molecule has 1 atom stereocenters. The van der Waals surface area contributed by atoms with Crippen molar-refractivity contribution >= 4 is 46.8 Å². The van der Waals surface area contributed by atoms with Crippen LogP contribution in [0.25, 0.3) is 0 Å². The van der Waals surface area contributed by atoms with Gasteiger partial charge in [-0.2, -0.15) is 0 Å². The Hall–Kier alpha value is -2.54. The number of rotatable bonds is 11. The monoisotopic (exact) mass is 546 g/mol. The third kappa shape index (κ3) is 8.54. The lowest BCUT2D eigenvalue weighted by molar-refractivity contribution is -0.139. The van der Waals surface area contributed by atoms with Crippen LogP contribution in [0.4, 0.5) is 4.39 Å². The maximum absolute atomic E-state index is 13.6. The zero-order valence-electron chi connectivity index (χ0n) is 20.2. The van der Waals surface area contributed by atoms with E-state index in [1.165, 1.54) is 23.9 Å². The summed E-state index contributed by atoms with van der Waals surface area (Å²) in [5.74, 6) is -0.0941. The van der Waals surface area contributed by atoms with E-state index < -0.39 is 6.04 Å². The largest absolute Gasteiger partial charge is 0.352 e. The van der Waals surface area contributed by atoms with Crippen molar-refractivity contribution in [1.82, 2.24) is 10.2 Å². The molecule has 0 fully saturated rings. The molecule has 0 heterocycles. The van der Waals surface area contributed by atoms with Gasteiger partial charge in [-0.25, -0.2) is 4.39 Å². The van der Waals surface area contributed by atoms with E-state index in [1.807, 2.05) is 50.2 Å². The van der Waals surface area contributed by atoms with Gasteiger partial charge in [-0.1, -0.05) is 71.7 Å². The average molecular weight is 548 g/mol. The van der Waals surface area contributed by atoms with Gasteiger partial charge in [0.2, 0.25) is 11.8 Å². The second-order valence-corrected chi connectivity index (χ2v) is 10.6. The number of thioether (sulfide) groups is 1. The molecular formula is C28H29Cl2FN2O2S. The summed E-state index contributed by atoms with van der Waals surface area (Å²) in [7, 11) is 0. The van der Waals surface area contributed by atoms with Gasteiger partial charge >= 0.3 is 0 Å². The third-order valence-electron chi connectivity index (χ3n) is 5.47. The summed E-state index contributed by atoms with van der Waals surface area (Å²) >= 11 is 13.7. The lowest BCUT2D eigenvalue weighted by atomic mass is 10.0. The SMILES string of the molecule is CC(C)NC(=O)[C@@H](Cc1ccccc1)N(Cc1ccc(F)cc1)C(=O)CSCc1ccc(Cl)cc1Cl. The van der Waals surface area contributed by atoms with Gasteiger partial charge in [0.05, 0.1) is 5.75 Å². The summed E-state index contributed by atoms with van der Waals surface area (Å²) in [5, 5.41) is 4.05. The Bertz CT molecular complexity index is 1160. The van der Waals surface area contributed by atoms with Crippen molar-refractivity contribution in [3.63, 3.8) is 0 Å². The number of nitrogens with zero attached hydrogens (tertiary/aromatic N) is 1. The summed E-state index contributed by atoms with van der Waals surface area (Å²) in [6.07, 6.45) is 0.361. The summed E-state index contributed by atoms with van der Waals surface area (Å²) < 4.78 is 13.5. The van der Waals surface area contributed by atoms with E-state index in [9.17, 15) is 14.0 Å². The first-order valence-electron chi connectivity index (χ1n) is 11.6. The van der Waals surface area contributed by atoms with Crippen LogP contribution in [0.3, 0.4) is 0 Å². The van der Waals surface area contributed by atoms with Crippen LogP contribution in [0.15, 0.2) is 72.8 Å². The number of benzene rings is 3. The molecule has 0 aliphatic heterocycles. The van der Waals surface area contributed by atoms with Gasteiger partial charge in [0.15, 0.2) is 0 Å². The van der Waals surface area contributed by atoms with Crippen LogP contribution in [0.5, 0.6) is 0 Å². The molecule has 0 aliphatic carbocycles. The van der Waals surface area contributed by atoms with Gasteiger partial charge in [0, 0.05) is 34.8 Å². The summed E-state index contributed by atoms with van der Waals surface area (Å²) in [6.45, 7) is 3.95. The highest BCUT2D eigenvalue weighted by atomic mass is 35.5. The Morgan fingerprint density at radius 2 is 1.67 bits per heavy atom. The van der Waals surface area contributed by atoms with Crippen molar-refractivity contribution in [1.29, 1.82) is 0 Å². The van der Waals surface area contributed by atoms with Crippen molar-refractivity contribution in [3.8, 4) is 0 Å². The molecule has 0 aromatic heterocycles. The smallest absolute Gasteiger partial charge is 0.243 e. The highest BCUT2D eigenvalue weighted by Gasteiger charge is 2.30. The van der Waals surface area contributed by atoms with Gasteiger partial charge in [0.25, 0.3) is 0 Å². The van der Waals surface area contributed by atoms with Crippen molar-refractivity contribution < 1.29 is 14.0 Å². The molecule has 8 heteroatoms. The van der Waals surface area contributed by atoms with Crippen molar-refractivity contribution in [2.75, 3.05) is 5.75 Å². The minimum atomic E-state index is -0.730. The molecule has 0 saturated heterocycles. The maximum Gasteiger partial charge on any atom is 0.243 e. The molecular weight excluding hydrogens is 518 g/mol. The minimum Gasteiger partial charge on any atom is -0.352 e. The van der Waals surface area contributed by atoms with Gasteiger partial charge < -0.3 is 10.2 Å². The standard InChI is InChI=1S/C28H29Cl2FN2O2S/c1-19(2)32-28(35)26(14-20-6-4-3-5-7-20)33(16-21-8-12-24(31)13-9-21)27(34)18-36-17-22-10-11-23(29)15-25(22)30/h3-13,15,19,26H,14,16-18H2,1-2H3,(H,32,35)/t26-/m1/s1. The van der Waals surface area contributed by atoms with Crippen LogP contribution < -0.4 is 5.32 Å². The molecule has 190 valence electrons. The first kappa shape index (κ1) is 28.0. The number of carbonyl (C=O) groups is 2. The van der Waals surface area contributed by atoms with Gasteiger partial charge in [0.1, 0.15) is 11.9 Å². The highest BCUT2D eigenvalue weighted by Crippen LogP contribution is 2.25. The summed E-state index contributed by atoms with van der Waals surface area (Å²) in [5.41, 5.74) is 2.56. The quantitative estimate of drug-likeness (QED) is 0.297. The number of hydrogen-bond donors (Lipinski definition) is 1. The third-order valence-corrected chi connectivity index (χ3v) is 7.02. The Morgan fingerprint density at radius 1 is 0.972 bits per heavy atom. The first-order chi connectivity index (χ1) is 17.2. The molecule has 0 spiro atoms. The molecule has 0 bridgehead atoms. The fourth-order valence-electron chi connectivity index (χ4n) is 3.69. The lowest BCUT2D eigenvalue weighted by Gasteiger charge is -2.32. The van der Waals surface area contributed by atoms with E-state index in [-0.39, 0.29) is 36.0 Å². The molecule has 3 aromatic rings. The first-order valence-corrected chi connectivity index (χ1v) is 13.5. The number of amides is 2. The zero-order chi connectivity index (χ0) is 26.1. The molecule has 3 rings (SSSR count). The molecule has 4 nitrogen and oxygen atoms in total. The number of hydrogen-bond acceptors (Lipinski definition) is 3. The van der Waals surface area contributed by atoms with E-state index in [0.29, 0.717) is 22.2 Å². The van der Waals surface area contributed by atoms with Crippen LogP contribution >= 0.6 is 35.0 Å². The van der Waals surface area contributed by atoms with E-state index >= 15 is 0 Å². The van der Waals surface area contributed by atoms with Crippen LogP contribution in [-0.4, -0.2) is 34.6 Å². The normalized spacial score (nSPS) is 11.8. The molecule has 0 aliphatic rings. The maximum atomic E-state index is 13.6. The summed E-state index contributed by atoms with van der Waals surface area (Å²) in [4.78, 5) is 28.5. The van der Waals surface area contributed by atoms with Gasteiger partial charge in [-0.3, -0.25) is 9.59 Å².